The first-order valence-electron chi connectivity index (χ1n) is 15.7. The Morgan fingerprint density at radius 1 is 0.412 bits per heavy atom. The third-order valence-electron chi connectivity index (χ3n) is 7.64. The molecule has 0 bridgehead atoms. The Labute approximate surface area is 305 Å². The van der Waals surface area contributed by atoms with E-state index in [1.54, 1.807) is 36.4 Å². The molecule has 4 N–H and O–H groups in total. The molecule has 0 aliphatic carbocycles. The molecule has 0 spiro atoms. The summed E-state index contributed by atoms with van der Waals surface area (Å²) in [6.45, 7) is 0. The maximum atomic E-state index is 11.4. The van der Waals surface area contributed by atoms with Crippen molar-refractivity contribution in [2.45, 2.75) is 12.2 Å². The van der Waals surface area contributed by atoms with E-state index in [2.05, 4.69) is 9.98 Å². The van der Waals surface area contributed by atoms with Crippen LogP contribution < -0.4 is 0 Å². The predicted molar refractivity (Wildman–Crippen MR) is 195 cm³/mol. The molecule has 0 aliphatic heterocycles. The van der Waals surface area contributed by atoms with Crippen molar-refractivity contribution in [2.75, 3.05) is 0 Å². The first-order chi connectivity index (χ1) is 24.3. The van der Waals surface area contributed by atoms with E-state index >= 15 is 0 Å². The minimum atomic E-state index is -1.05. The second kappa shape index (κ2) is 18.7. The van der Waals surface area contributed by atoms with E-state index in [0.717, 1.165) is 11.1 Å². The second-order valence-corrected chi connectivity index (χ2v) is 11.0. The molecule has 51 heavy (non-hydrogen) atoms. The summed E-state index contributed by atoms with van der Waals surface area (Å²) in [6.07, 6.45) is -1.93. The van der Waals surface area contributed by atoms with Crippen LogP contribution in [-0.4, -0.2) is 43.8 Å². The van der Waals surface area contributed by atoms with Gasteiger partial charge >= 0.3 is 28.4 Å². The first kappa shape index (κ1) is 37.8. The minimum absolute atomic E-state index is 0. The van der Waals surface area contributed by atoms with Crippen LogP contribution in [0.15, 0.2) is 180 Å². The summed E-state index contributed by atoms with van der Waals surface area (Å²) in [4.78, 5) is 31.9. The molecule has 0 radical (unpaired) electrons. The number of aliphatic hydroxyl groups excluding tert-OH is 2. The van der Waals surface area contributed by atoms with Crippen LogP contribution in [-0.2, 0) is 16.5 Å². The largest absolute Gasteiger partial charge is 2.00 e. The fourth-order valence-electron chi connectivity index (χ4n) is 5.13. The quantitative estimate of drug-likeness (QED) is 0.0827. The number of hydrogen-bond acceptors (Lipinski definition) is 6. The number of carbonyl (C=O) groups is 2. The number of rotatable bonds is 10. The summed E-state index contributed by atoms with van der Waals surface area (Å²) in [6, 6.07) is 49.9. The zero-order chi connectivity index (χ0) is 35.3. The van der Waals surface area contributed by atoms with E-state index in [4.69, 9.17) is 0 Å². The molecule has 8 nitrogen and oxygen atoms in total. The molecular weight excluding hydrogens is 687 g/mol. The van der Waals surface area contributed by atoms with Gasteiger partial charge in [0, 0.05) is 0 Å². The molecule has 2 atom stereocenters. The van der Waals surface area contributed by atoms with E-state index in [9.17, 15) is 30.0 Å². The SMILES string of the molecule is O=C(O)c1ccccc1N=C(c1ccccc1)C(O)c1ccccc1.O=C(O)c1ccccc1N=C(c1ccccc1)C(O)c1ccccc1.[Ni+2]. The fourth-order valence-corrected chi connectivity index (χ4v) is 5.13. The molecule has 9 heteroatoms. The number of aromatic carboxylic acids is 2. The monoisotopic (exact) mass is 720 g/mol. The number of para-hydroxylation sites is 2. The molecular formula is C42H34N2NiO6+2. The van der Waals surface area contributed by atoms with Gasteiger partial charge in [0.25, 0.3) is 0 Å². The van der Waals surface area contributed by atoms with Gasteiger partial charge in [0.1, 0.15) is 12.2 Å². The topological polar surface area (TPSA) is 140 Å². The van der Waals surface area contributed by atoms with E-state index in [-0.39, 0.29) is 27.6 Å². The fraction of sp³-hybridized carbons (Fsp3) is 0.0476. The average Bonchev–Trinajstić information content (AvgIpc) is 3.17. The van der Waals surface area contributed by atoms with Crippen molar-refractivity contribution in [2.24, 2.45) is 9.98 Å². The molecule has 256 valence electrons. The minimum Gasteiger partial charge on any atom is -0.478 e. The molecule has 0 saturated heterocycles. The Hall–Kier alpha value is -5.99. The Bertz CT molecular complexity index is 1940. The van der Waals surface area contributed by atoms with Gasteiger partial charge < -0.3 is 20.4 Å². The first-order valence-corrected chi connectivity index (χ1v) is 15.7. The summed E-state index contributed by atoms with van der Waals surface area (Å²) in [5, 5.41) is 40.4. The van der Waals surface area contributed by atoms with Crippen molar-refractivity contribution in [3.63, 3.8) is 0 Å². The van der Waals surface area contributed by atoms with E-state index in [1.807, 2.05) is 121 Å². The third kappa shape index (κ3) is 10.0. The molecule has 0 aliphatic rings. The summed E-state index contributed by atoms with van der Waals surface area (Å²) in [5.74, 6) is -2.11. The zero-order valence-electron chi connectivity index (χ0n) is 27.1. The molecule has 0 aromatic heterocycles. The molecule has 6 aromatic rings. The van der Waals surface area contributed by atoms with Gasteiger partial charge in [0.2, 0.25) is 0 Å². The van der Waals surface area contributed by atoms with Crippen molar-refractivity contribution in [3.8, 4) is 0 Å². The van der Waals surface area contributed by atoms with Gasteiger partial charge in [-0.1, -0.05) is 146 Å². The molecule has 6 rings (SSSR count). The number of carboxylic acids is 2. The van der Waals surface area contributed by atoms with E-state index in [1.165, 1.54) is 12.1 Å². The number of carboxylic acid groups (broad SMARTS) is 2. The molecule has 6 aromatic carbocycles. The standard InChI is InChI=1S/2C21H17NO3.Ni/c2*23-20(16-11-5-2-6-12-16)19(15-9-3-1-4-10-15)22-18-14-8-7-13-17(18)21(24)25;/h2*1-14,20,23H,(H,24,25);/q;;+2. The van der Waals surface area contributed by atoms with Gasteiger partial charge in [-0.3, -0.25) is 0 Å². The van der Waals surface area contributed by atoms with Crippen LogP contribution in [0.5, 0.6) is 0 Å². The van der Waals surface area contributed by atoms with Crippen molar-refractivity contribution < 1.29 is 46.5 Å². The van der Waals surface area contributed by atoms with Crippen LogP contribution in [0.3, 0.4) is 0 Å². The maximum Gasteiger partial charge on any atom is 2.00 e. The van der Waals surface area contributed by atoms with Crippen LogP contribution in [0.25, 0.3) is 0 Å². The molecule has 0 saturated carbocycles. The number of aliphatic hydroxyl groups is 2. The van der Waals surface area contributed by atoms with Crippen molar-refractivity contribution in [3.05, 3.63) is 203 Å². The number of hydrogen-bond donors (Lipinski definition) is 4. The summed E-state index contributed by atoms with van der Waals surface area (Å²) in [7, 11) is 0. The zero-order valence-corrected chi connectivity index (χ0v) is 28.1. The van der Waals surface area contributed by atoms with Gasteiger partial charge in [-0.05, 0) is 46.5 Å². The average molecular weight is 721 g/mol. The van der Waals surface area contributed by atoms with Gasteiger partial charge in [-0.15, -0.1) is 0 Å². The van der Waals surface area contributed by atoms with Gasteiger partial charge in [0.15, 0.2) is 0 Å². The van der Waals surface area contributed by atoms with Crippen LogP contribution in [0.2, 0.25) is 0 Å². The Kier molecular flexibility index (Phi) is 13.9. The van der Waals surface area contributed by atoms with Crippen molar-refractivity contribution >= 4 is 34.7 Å². The predicted octanol–water partition coefficient (Wildman–Crippen LogP) is 8.48. The molecule has 0 heterocycles. The van der Waals surface area contributed by atoms with Crippen LogP contribution in [0, 0.1) is 0 Å². The second-order valence-electron chi connectivity index (χ2n) is 11.0. The Balaban J connectivity index is 0.000000224. The van der Waals surface area contributed by atoms with E-state index < -0.39 is 24.1 Å². The van der Waals surface area contributed by atoms with Gasteiger partial charge in [0.05, 0.1) is 33.9 Å². The smallest absolute Gasteiger partial charge is 0.478 e. The van der Waals surface area contributed by atoms with Gasteiger partial charge in [-0.25, -0.2) is 19.6 Å². The molecule has 0 amide bonds. The maximum absolute atomic E-state index is 11.4. The van der Waals surface area contributed by atoms with Gasteiger partial charge in [-0.2, -0.15) is 0 Å². The molecule has 0 fully saturated rings. The van der Waals surface area contributed by atoms with E-state index in [0.29, 0.717) is 33.9 Å². The number of aliphatic imine (C=N–C) groups is 2. The Morgan fingerprint density at radius 2 is 0.686 bits per heavy atom. The summed E-state index contributed by atoms with van der Waals surface area (Å²) in [5.41, 5.74) is 4.47. The Morgan fingerprint density at radius 3 is 1.00 bits per heavy atom. The number of benzene rings is 6. The van der Waals surface area contributed by atoms with Crippen molar-refractivity contribution in [1.29, 1.82) is 0 Å². The third-order valence-corrected chi connectivity index (χ3v) is 7.64. The summed E-state index contributed by atoms with van der Waals surface area (Å²) >= 11 is 0. The summed E-state index contributed by atoms with van der Waals surface area (Å²) < 4.78 is 0. The number of nitrogens with zero attached hydrogens (tertiary/aromatic N) is 2. The van der Waals surface area contributed by atoms with Crippen LogP contribution >= 0.6 is 0 Å². The van der Waals surface area contributed by atoms with Crippen LogP contribution in [0.1, 0.15) is 55.2 Å². The molecule has 2 unspecified atom stereocenters. The van der Waals surface area contributed by atoms with Crippen molar-refractivity contribution in [1.82, 2.24) is 0 Å². The van der Waals surface area contributed by atoms with Crippen LogP contribution in [0.4, 0.5) is 11.4 Å². The normalized spacial score (nSPS) is 12.4.